The van der Waals surface area contributed by atoms with E-state index in [1.54, 1.807) is 0 Å². The van der Waals surface area contributed by atoms with Crippen molar-refractivity contribution >= 4 is 23.4 Å². The zero-order chi connectivity index (χ0) is 39.1. The van der Waals surface area contributed by atoms with Gasteiger partial charge in [0, 0.05) is 49.1 Å². The molecular weight excluding hydrogens is 709 g/mol. The number of carboxylic acid groups (broad SMARTS) is 1. The smallest absolute Gasteiger partial charge is 0.416 e. The summed E-state index contributed by atoms with van der Waals surface area (Å²) in [6.07, 6.45) is 11.8. The minimum absolute atomic E-state index is 0.0448. The molecule has 1 atom stereocenters. The van der Waals surface area contributed by atoms with E-state index in [9.17, 15) is 32.7 Å². The number of carbonyl (C=O) groups excluding carboxylic acids is 2. The summed E-state index contributed by atoms with van der Waals surface area (Å²) in [5, 5.41) is 9.62. The highest BCUT2D eigenvalue weighted by atomic mass is 19.4. The summed E-state index contributed by atoms with van der Waals surface area (Å²) in [5.41, 5.74) is 2.85. The normalized spacial score (nSPS) is 20.8. The van der Waals surface area contributed by atoms with Gasteiger partial charge in [0.15, 0.2) is 5.82 Å². The van der Waals surface area contributed by atoms with Crippen LogP contribution in [-0.2, 0) is 33.5 Å². The van der Waals surface area contributed by atoms with Gasteiger partial charge in [0.1, 0.15) is 12.3 Å². The Morgan fingerprint density at radius 1 is 0.909 bits per heavy atom. The van der Waals surface area contributed by atoms with Crippen LogP contribution in [0.5, 0.6) is 5.75 Å². The number of hydrogen-bond donors (Lipinski definition) is 1. The van der Waals surface area contributed by atoms with E-state index in [4.69, 9.17) is 4.74 Å². The first-order chi connectivity index (χ1) is 26.4. The molecule has 9 nitrogen and oxygen atoms in total. The first kappa shape index (κ1) is 39.9. The van der Waals surface area contributed by atoms with Crippen LogP contribution in [0, 0.1) is 23.7 Å². The standard InChI is InChI=1S/C43H51F3N4O5/c1-3-28-4-8-30(9-5-28)31-12-14-32(15-13-31)36-24-47-41(48-25-36)33-10-6-29(7-11-33)26-50(27-40(52)53)42(54)34-18-20-49(21-19-34)39(51)22-35-16-17-37(55-2)23-38(35)43(44,45)46/h6-7,10-11,14,16-17,23-25,28,30-31,34H,3-5,8-9,12-13,15,18-22,26-27H2,1-2H3,(H,52,53)/t28-,30-,31?. The van der Waals surface area contributed by atoms with Gasteiger partial charge in [-0.2, -0.15) is 13.2 Å². The van der Waals surface area contributed by atoms with Crippen molar-refractivity contribution in [1.82, 2.24) is 19.8 Å². The van der Waals surface area contributed by atoms with Gasteiger partial charge in [0.2, 0.25) is 11.8 Å². The molecule has 1 aromatic heterocycles. The largest absolute Gasteiger partial charge is 0.497 e. The van der Waals surface area contributed by atoms with Crippen LogP contribution >= 0.6 is 0 Å². The molecule has 6 rings (SSSR count). The van der Waals surface area contributed by atoms with Crippen molar-refractivity contribution in [2.45, 2.75) is 90.3 Å². The third-order valence-corrected chi connectivity index (χ3v) is 12.0. The number of aromatic nitrogens is 2. The highest BCUT2D eigenvalue weighted by Crippen LogP contribution is 2.42. The number of amides is 2. The summed E-state index contributed by atoms with van der Waals surface area (Å²) in [7, 11) is 1.27. The molecule has 1 saturated carbocycles. The molecular formula is C43H51F3N4O5. The van der Waals surface area contributed by atoms with Gasteiger partial charge in [-0.15, -0.1) is 0 Å². The molecule has 2 aliphatic carbocycles. The lowest BCUT2D eigenvalue weighted by Gasteiger charge is -2.35. The predicted octanol–water partition coefficient (Wildman–Crippen LogP) is 8.47. The van der Waals surface area contributed by atoms with Gasteiger partial charge in [-0.1, -0.05) is 62.6 Å². The molecule has 2 fully saturated rings. The van der Waals surface area contributed by atoms with Gasteiger partial charge in [0.05, 0.1) is 19.1 Å². The third-order valence-electron chi connectivity index (χ3n) is 12.0. The number of likely N-dealkylation sites (tertiary alicyclic amines) is 1. The lowest BCUT2D eigenvalue weighted by Crippen LogP contribution is -2.45. The van der Waals surface area contributed by atoms with Crippen molar-refractivity contribution in [3.8, 4) is 17.1 Å². The number of methoxy groups -OCH3 is 1. The second-order valence-corrected chi connectivity index (χ2v) is 15.4. The van der Waals surface area contributed by atoms with Crippen LogP contribution in [0.25, 0.3) is 17.0 Å². The number of carbonyl (C=O) groups is 3. The molecule has 1 aliphatic heterocycles. The van der Waals surface area contributed by atoms with E-state index in [2.05, 4.69) is 23.0 Å². The molecule has 3 aromatic rings. The molecule has 1 N–H and O–H groups in total. The maximum absolute atomic E-state index is 13.7. The minimum atomic E-state index is -4.65. The molecule has 12 heteroatoms. The number of piperidine rings is 1. The van der Waals surface area contributed by atoms with Crippen LogP contribution in [0.2, 0.25) is 0 Å². The van der Waals surface area contributed by atoms with Gasteiger partial charge < -0.3 is 19.6 Å². The molecule has 294 valence electrons. The highest BCUT2D eigenvalue weighted by molar-refractivity contribution is 5.84. The number of alkyl halides is 3. The number of ether oxygens (including phenoxy) is 1. The van der Waals surface area contributed by atoms with Gasteiger partial charge >= 0.3 is 12.1 Å². The van der Waals surface area contributed by atoms with Crippen LogP contribution in [0.3, 0.4) is 0 Å². The van der Waals surface area contributed by atoms with Crippen molar-refractivity contribution in [3.05, 3.63) is 83.2 Å². The zero-order valence-corrected chi connectivity index (χ0v) is 31.7. The molecule has 0 bridgehead atoms. The second kappa shape index (κ2) is 17.8. The number of halogens is 3. The summed E-state index contributed by atoms with van der Waals surface area (Å²) in [6, 6.07) is 10.9. The van der Waals surface area contributed by atoms with E-state index in [0.29, 0.717) is 5.82 Å². The van der Waals surface area contributed by atoms with Crippen LogP contribution < -0.4 is 4.74 Å². The first-order valence-electron chi connectivity index (χ1n) is 19.5. The predicted molar refractivity (Wildman–Crippen MR) is 203 cm³/mol. The molecule has 2 heterocycles. The average Bonchev–Trinajstić information content (AvgIpc) is 3.20. The Labute approximate surface area is 321 Å². The Kier molecular flexibility index (Phi) is 12.9. The maximum atomic E-state index is 13.7. The molecule has 1 saturated heterocycles. The molecule has 2 aromatic carbocycles. The van der Waals surface area contributed by atoms with Gasteiger partial charge in [-0.25, -0.2) is 9.97 Å². The Bertz CT molecular complexity index is 1830. The number of aliphatic carboxylic acids is 1. The van der Waals surface area contributed by atoms with Crippen molar-refractivity contribution < 1.29 is 37.4 Å². The average molecular weight is 761 g/mol. The van der Waals surface area contributed by atoms with Crippen molar-refractivity contribution in [3.63, 3.8) is 0 Å². The maximum Gasteiger partial charge on any atom is 0.416 e. The van der Waals surface area contributed by atoms with Crippen LogP contribution in [0.1, 0.15) is 93.4 Å². The highest BCUT2D eigenvalue weighted by Gasteiger charge is 2.36. The van der Waals surface area contributed by atoms with Gasteiger partial charge in [0.25, 0.3) is 0 Å². The molecule has 3 aliphatic rings. The fourth-order valence-corrected chi connectivity index (χ4v) is 8.62. The van der Waals surface area contributed by atoms with Crippen LogP contribution in [-0.4, -0.2) is 69.4 Å². The summed E-state index contributed by atoms with van der Waals surface area (Å²) in [6.45, 7) is 2.26. The Morgan fingerprint density at radius 3 is 2.18 bits per heavy atom. The summed E-state index contributed by atoms with van der Waals surface area (Å²) in [5.74, 6) is 0.708. The lowest BCUT2D eigenvalue weighted by atomic mass is 9.71. The van der Waals surface area contributed by atoms with E-state index in [-0.39, 0.29) is 49.7 Å². The van der Waals surface area contributed by atoms with E-state index < -0.39 is 42.5 Å². The van der Waals surface area contributed by atoms with E-state index >= 15 is 0 Å². The number of hydrogen-bond acceptors (Lipinski definition) is 6. The molecule has 1 unspecified atom stereocenters. The quantitative estimate of drug-likeness (QED) is 0.197. The van der Waals surface area contributed by atoms with Crippen LogP contribution in [0.15, 0.2) is 60.9 Å². The summed E-state index contributed by atoms with van der Waals surface area (Å²) >= 11 is 0. The second-order valence-electron chi connectivity index (χ2n) is 15.4. The molecule has 2 amide bonds. The van der Waals surface area contributed by atoms with Crippen LogP contribution in [0.4, 0.5) is 13.2 Å². The van der Waals surface area contributed by atoms with Gasteiger partial charge in [-0.05, 0) is 91.5 Å². The Balaban J connectivity index is 1.02. The zero-order valence-electron chi connectivity index (χ0n) is 31.7. The van der Waals surface area contributed by atoms with E-state index in [0.717, 1.165) is 53.4 Å². The van der Waals surface area contributed by atoms with Crippen molar-refractivity contribution in [2.24, 2.45) is 23.7 Å². The first-order valence-corrected chi connectivity index (χ1v) is 19.5. The van der Waals surface area contributed by atoms with Crippen molar-refractivity contribution in [2.75, 3.05) is 26.7 Å². The fourth-order valence-electron chi connectivity index (χ4n) is 8.62. The minimum Gasteiger partial charge on any atom is -0.497 e. The number of carboxylic acids is 1. The number of rotatable bonds is 12. The SMILES string of the molecule is CC[C@H]1CC[C@H](C2CC=C(c3cnc(-c4ccc(CN(CC(=O)O)C(=O)C5CCN(C(=O)Cc6ccc(OC)cc6C(F)(F)F)CC5)cc4)nc3)CC2)CC1. The lowest BCUT2D eigenvalue weighted by molar-refractivity contribution is -0.148. The van der Waals surface area contributed by atoms with Gasteiger partial charge in [-0.3, -0.25) is 14.4 Å². The molecule has 0 spiro atoms. The third kappa shape index (κ3) is 10.1. The van der Waals surface area contributed by atoms with Crippen molar-refractivity contribution in [1.29, 1.82) is 0 Å². The Morgan fingerprint density at radius 2 is 1.60 bits per heavy atom. The summed E-state index contributed by atoms with van der Waals surface area (Å²) < 4.78 is 46.0. The number of nitrogens with zero attached hydrogens (tertiary/aromatic N) is 4. The topological polar surface area (TPSA) is 113 Å². The van der Waals surface area contributed by atoms with E-state index in [1.165, 1.54) is 73.1 Å². The monoisotopic (exact) mass is 760 g/mol. The molecule has 55 heavy (non-hydrogen) atoms. The number of allylic oxidation sites excluding steroid dienone is 2. The Hall–Kier alpha value is -4.74. The fraction of sp³-hybridized carbons (Fsp3) is 0.512. The molecule has 0 radical (unpaired) electrons. The number of benzene rings is 2. The van der Waals surface area contributed by atoms with E-state index in [1.807, 2.05) is 36.7 Å². The summed E-state index contributed by atoms with van der Waals surface area (Å²) in [4.78, 5) is 50.5.